The Balaban J connectivity index is 1.33. The van der Waals surface area contributed by atoms with Crippen LogP contribution in [-0.2, 0) is 0 Å². The largest absolute Gasteiger partial charge is 0.494 e. The predicted molar refractivity (Wildman–Crippen MR) is 134 cm³/mol. The molecule has 35 heavy (non-hydrogen) atoms. The van der Waals surface area contributed by atoms with E-state index in [1.807, 2.05) is 26.0 Å². The van der Waals surface area contributed by atoms with Gasteiger partial charge in [0, 0.05) is 11.6 Å². The quantitative estimate of drug-likeness (QED) is 0.330. The number of benzene rings is 2. The lowest BCUT2D eigenvalue weighted by molar-refractivity contribution is 0.218. The molecule has 2 aliphatic rings. The SMILES string of the molecule is CCCCOc1ccc(C2CCC(C3CC=C(c4ccc(OCC)cc4F)CC3)CC2)c(F)c1F. The van der Waals surface area contributed by atoms with Crippen molar-refractivity contribution in [2.75, 3.05) is 13.2 Å². The maximum atomic E-state index is 14.8. The summed E-state index contributed by atoms with van der Waals surface area (Å²) in [5, 5.41) is 0. The Bertz CT molecular complexity index is 1020. The first-order chi connectivity index (χ1) is 17.0. The van der Waals surface area contributed by atoms with Crippen LogP contribution >= 0.6 is 0 Å². The van der Waals surface area contributed by atoms with Crippen LogP contribution in [0, 0.1) is 29.3 Å². The van der Waals surface area contributed by atoms with Crippen LogP contribution in [0.4, 0.5) is 13.2 Å². The predicted octanol–water partition coefficient (Wildman–Crippen LogP) is 8.84. The van der Waals surface area contributed by atoms with Gasteiger partial charge in [-0.3, -0.25) is 0 Å². The summed E-state index contributed by atoms with van der Waals surface area (Å²) < 4.78 is 54.7. The number of hydrogen-bond acceptors (Lipinski definition) is 2. The van der Waals surface area contributed by atoms with Crippen LogP contribution in [-0.4, -0.2) is 13.2 Å². The lowest BCUT2D eigenvalue weighted by Crippen LogP contribution is -2.23. The van der Waals surface area contributed by atoms with E-state index < -0.39 is 11.6 Å². The molecule has 0 heterocycles. The summed E-state index contributed by atoms with van der Waals surface area (Å²) in [6.45, 7) is 4.84. The Labute approximate surface area is 207 Å². The summed E-state index contributed by atoms with van der Waals surface area (Å²) in [7, 11) is 0. The van der Waals surface area contributed by atoms with Crippen molar-refractivity contribution in [1.82, 2.24) is 0 Å². The number of allylic oxidation sites excluding steroid dienone is 2. The van der Waals surface area contributed by atoms with Gasteiger partial charge in [-0.1, -0.05) is 25.5 Å². The number of hydrogen-bond donors (Lipinski definition) is 0. The van der Waals surface area contributed by atoms with Gasteiger partial charge in [-0.25, -0.2) is 8.78 Å². The molecule has 0 saturated heterocycles. The first-order valence-corrected chi connectivity index (χ1v) is 13.2. The summed E-state index contributed by atoms with van der Waals surface area (Å²) in [6.07, 6.45) is 10.6. The van der Waals surface area contributed by atoms with Crippen molar-refractivity contribution in [2.45, 2.75) is 77.6 Å². The van der Waals surface area contributed by atoms with Gasteiger partial charge in [-0.05, 0) is 105 Å². The van der Waals surface area contributed by atoms with E-state index in [4.69, 9.17) is 9.47 Å². The highest BCUT2D eigenvalue weighted by Crippen LogP contribution is 2.45. The van der Waals surface area contributed by atoms with Crippen LogP contribution in [0.2, 0.25) is 0 Å². The van der Waals surface area contributed by atoms with Gasteiger partial charge in [0.05, 0.1) is 13.2 Å². The Hall–Kier alpha value is -2.43. The monoisotopic (exact) mass is 486 g/mol. The van der Waals surface area contributed by atoms with Crippen molar-refractivity contribution in [2.24, 2.45) is 11.8 Å². The van der Waals surface area contributed by atoms with Gasteiger partial charge in [0.1, 0.15) is 11.6 Å². The summed E-state index contributed by atoms with van der Waals surface area (Å²) in [5.74, 6) is -0.0374. The molecular formula is C30H37F3O2. The van der Waals surface area contributed by atoms with Crippen LogP contribution in [0.25, 0.3) is 5.57 Å². The van der Waals surface area contributed by atoms with E-state index >= 15 is 0 Å². The van der Waals surface area contributed by atoms with E-state index in [1.54, 1.807) is 12.1 Å². The lowest BCUT2D eigenvalue weighted by atomic mass is 9.70. The summed E-state index contributed by atoms with van der Waals surface area (Å²) >= 11 is 0. The molecule has 5 heteroatoms. The van der Waals surface area contributed by atoms with Crippen molar-refractivity contribution < 1.29 is 22.6 Å². The molecule has 2 nitrogen and oxygen atoms in total. The first-order valence-electron chi connectivity index (χ1n) is 13.2. The molecule has 4 rings (SSSR count). The maximum absolute atomic E-state index is 14.8. The van der Waals surface area contributed by atoms with Gasteiger partial charge in [-0.2, -0.15) is 4.39 Å². The minimum atomic E-state index is -0.854. The van der Waals surface area contributed by atoms with Crippen molar-refractivity contribution in [3.8, 4) is 11.5 Å². The summed E-state index contributed by atoms with van der Waals surface area (Å²) in [4.78, 5) is 0. The smallest absolute Gasteiger partial charge is 0.200 e. The van der Waals surface area contributed by atoms with E-state index in [1.165, 1.54) is 6.07 Å². The molecule has 2 aliphatic carbocycles. The van der Waals surface area contributed by atoms with E-state index in [0.717, 1.165) is 63.4 Å². The zero-order valence-corrected chi connectivity index (χ0v) is 20.9. The van der Waals surface area contributed by atoms with Gasteiger partial charge >= 0.3 is 0 Å². The van der Waals surface area contributed by atoms with Crippen molar-refractivity contribution in [1.29, 1.82) is 0 Å². The van der Waals surface area contributed by atoms with E-state index in [9.17, 15) is 13.2 Å². The zero-order chi connectivity index (χ0) is 24.8. The minimum absolute atomic E-state index is 0.0159. The molecular weight excluding hydrogens is 449 g/mol. The fraction of sp³-hybridized carbons (Fsp3) is 0.533. The van der Waals surface area contributed by atoms with Crippen LogP contribution in [0.15, 0.2) is 36.4 Å². The molecule has 0 radical (unpaired) electrons. The Kier molecular flexibility index (Phi) is 8.80. The second kappa shape index (κ2) is 12.0. The molecule has 2 aromatic rings. The van der Waals surface area contributed by atoms with Gasteiger partial charge < -0.3 is 9.47 Å². The highest BCUT2D eigenvalue weighted by Gasteiger charge is 2.31. The topological polar surface area (TPSA) is 18.5 Å². The molecule has 1 atom stereocenters. The number of unbranched alkanes of at least 4 members (excludes halogenated alkanes) is 1. The highest BCUT2D eigenvalue weighted by atomic mass is 19.2. The van der Waals surface area contributed by atoms with Gasteiger partial charge in [-0.15, -0.1) is 0 Å². The second-order valence-electron chi connectivity index (χ2n) is 9.93. The highest BCUT2D eigenvalue weighted by molar-refractivity contribution is 5.67. The van der Waals surface area contributed by atoms with Crippen LogP contribution in [0.1, 0.15) is 88.7 Å². The molecule has 0 aliphatic heterocycles. The summed E-state index contributed by atoms with van der Waals surface area (Å²) in [5.41, 5.74) is 2.24. The number of rotatable bonds is 9. The molecule has 190 valence electrons. The molecule has 0 amide bonds. The van der Waals surface area contributed by atoms with Gasteiger partial charge in [0.15, 0.2) is 11.6 Å². The minimum Gasteiger partial charge on any atom is -0.494 e. The molecule has 0 aromatic heterocycles. The average Bonchev–Trinajstić information content (AvgIpc) is 2.87. The standard InChI is InChI=1S/C30H37F3O2/c1-3-5-18-35-28-17-16-26(29(32)30(28)33)23-12-8-21(9-13-23)20-6-10-22(11-7-20)25-15-14-24(34-4-2)19-27(25)31/h10,14-17,19-21,23H,3-9,11-13,18H2,1-2H3. The molecule has 1 fully saturated rings. The number of ether oxygens (including phenoxy) is 2. The van der Waals surface area contributed by atoms with Crippen molar-refractivity contribution in [3.05, 3.63) is 65.0 Å². The third kappa shape index (κ3) is 6.05. The van der Waals surface area contributed by atoms with E-state index in [2.05, 4.69) is 6.08 Å². The van der Waals surface area contributed by atoms with Crippen LogP contribution < -0.4 is 9.47 Å². The fourth-order valence-corrected chi connectivity index (χ4v) is 5.74. The first kappa shape index (κ1) is 25.7. The molecule has 0 N–H and O–H groups in total. The average molecular weight is 487 g/mol. The number of halogens is 3. The summed E-state index contributed by atoms with van der Waals surface area (Å²) in [6, 6.07) is 8.43. The Morgan fingerprint density at radius 3 is 2.31 bits per heavy atom. The van der Waals surface area contributed by atoms with Crippen LogP contribution in [0.5, 0.6) is 11.5 Å². The van der Waals surface area contributed by atoms with E-state index in [-0.39, 0.29) is 17.5 Å². The molecule has 0 bridgehead atoms. The Morgan fingerprint density at radius 1 is 0.857 bits per heavy atom. The zero-order valence-electron chi connectivity index (χ0n) is 20.9. The Morgan fingerprint density at radius 2 is 1.66 bits per heavy atom. The maximum Gasteiger partial charge on any atom is 0.200 e. The lowest BCUT2D eigenvalue weighted by Gasteiger charge is -2.36. The van der Waals surface area contributed by atoms with Gasteiger partial charge in [0.2, 0.25) is 5.82 Å². The third-order valence-electron chi connectivity index (χ3n) is 7.76. The van der Waals surface area contributed by atoms with E-state index in [0.29, 0.717) is 41.9 Å². The molecule has 2 aromatic carbocycles. The normalized spacial score (nSPS) is 22.5. The fourth-order valence-electron chi connectivity index (χ4n) is 5.74. The molecule has 1 unspecified atom stereocenters. The second-order valence-corrected chi connectivity index (χ2v) is 9.93. The van der Waals surface area contributed by atoms with Gasteiger partial charge in [0.25, 0.3) is 0 Å². The van der Waals surface area contributed by atoms with Crippen LogP contribution in [0.3, 0.4) is 0 Å². The van der Waals surface area contributed by atoms with Crippen molar-refractivity contribution >= 4 is 5.57 Å². The third-order valence-corrected chi connectivity index (χ3v) is 7.76. The van der Waals surface area contributed by atoms with Crippen molar-refractivity contribution in [3.63, 3.8) is 0 Å². The molecule has 1 saturated carbocycles. The molecule has 0 spiro atoms.